The Morgan fingerprint density at radius 3 is 2.43 bits per heavy atom. The van der Waals surface area contributed by atoms with Crippen LogP contribution in [0, 0.1) is 0 Å². The summed E-state index contributed by atoms with van der Waals surface area (Å²) in [4.78, 5) is 2.50. The van der Waals surface area contributed by atoms with Crippen molar-refractivity contribution in [1.82, 2.24) is 10.2 Å². The highest BCUT2D eigenvalue weighted by Gasteiger charge is 2.09. The van der Waals surface area contributed by atoms with Crippen molar-refractivity contribution in [2.45, 2.75) is 6.54 Å². The summed E-state index contributed by atoms with van der Waals surface area (Å²) in [6, 6.07) is 18.7. The lowest BCUT2D eigenvalue weighted by atomic mass is 10.1. The van der Waals surface area contributed by atoms with E-state index in [4.69, 9.17) is 4.74 Å². The summed E-state index contributed by atoms with van der Waals surface area (Å²) in [5, 5.41) is 3.39. The summed E-state index contributed by atoms with van der Waals surface area (Å²) >= 11 is 0. The Kier molecular flexibility index (Phi) is 5.84. The number of para-hydroxylation sites is 1. The molecule has 2 aromatic rings. The van der Waals surface area contributed by atoms with Crippen LogP contribution >= 0.6 is 0 Å². The van der Waals surface area contributed by atoms with Gasteiger partial charge in [-0.2, -0.15) is 0 Å². The fraction of sp³-hybridized carbons (Fsp3) is 0.300. The second kappa shape index (κ2) is 8.51. The molecule has 1 aliphatic rings. The summed E-state index contributed by atoms with van der Waals surface area (Å²) in [5.41, 5.74) is 2.59. The van der Waals surface area contributed by atoms with E-state index in [1.807, 2.05) is 30.3 Å². The summed E-state index contributed by atoms with van der Waals surface area (Å²) in [6.45, 7) is 6.11. The fourth-order valence-electron chi connectivity index (χ4n) is 2.71. The number of hydrogen-bond donors (Lipinski definition) is 1. The molecule has 0 saturated carbocycles. The van der Waals surface area contributed by atoms with Gasteiger partial charge in [-0.3, -0.25) is 4.90 Å². The van der Waals surface area contributed by atoms with E-state index in [1.54, 1.807) is 0 Å². The molecule has 120 valence electrons. The van der Waals surface area contributed by atoms with E-state index in [9.17, 15) is 0 Å². The molecule has 1 saturated heterocycles. The normalized spacial score (nSPS) is 15.8. The molecule has 0 unspecified atom stereocenters. The molecular formula is C20H24N2O. The molecule has 1 fully saturated rings. The second-order valence-electron chi connectivity index (χ2n) is 5.79. The summed E-state index contributed by atoms with van der Waals surface area (Å²) in [6.07, 6.45) is 4.16. The Morgan fingerprint density at radius 2 is 1.70 bits per heavy atom. The van der Waals surface area contributed by atoms with Gasteiger partial charge in [0.15, 0.2) is 0 Å². The van der Waals surface area contributed by atoms with E-state index in [-0.39, 0.29) is 0 Å². The molecule has 0 aromatic heterocycles. The largest absolute Gasteiger partial charge is 0.490 e. The highest BCUT2D eigenvalue weighted by molar-refractivity contribution is 5.49. The van der Waals surface area contributed by atoms with E-state index in [1.165, 1.54) is 11.1 Å². The van der Waals surface area contributed by atoms with Crippen molar-refractivity contribution in [3.05, 3.63) is 71.8 Å². The molecule has 0 amide bonds. The van der Waals surface area contributed by atoms with Gasteiger partial charge in [-0.05, 0) is 29.3 Å². The maximum Gasteiger partial charge on any atom is 0.119 e. The molecule has 0 radical (unpaired) electrons. The number of piperazine rings is 1. The van der Waals surface area contributed by atoms with Crippen LogP contribution in [-0.4, -0.2) is 37.7 Å². The van der Waals surface area contributed by atoms with Crippen molar-refractivity contribution in [1.29, 1.82) is 0 Å². The quantitative estimate of drug-likeness (QED) is 0.887. The lowest BCUT2D eigenvalue weighted by Gasteiger charge is -2.27. The van der Waals surface area contributed by atoms with Crippen molar-refractivity contribution < 1.29 is 4.74 Å². The van der Waals surface area contributed by atoms with E-state index < -0.39 is 0 Å². The Hall–Kier alpha value is -2.10. The average Bonchev–Trinajstić information content (AvgIpc) is 2.62. The Balaban J connectivity index is 1.46. The van der Waals surface area contributed by atoms with Crippen molar-refractivity contribution in [3.63, 3.8) is 0 Å². The van der Waals surface area contributed by atoms with Crippen LogP contribution in [0.3, 0.4) is 0 Å². The van der Waals surface area contributed by atoms with Crippen LogP contribution in [0.25, 0.3) is 6.08 Å². The molecule has 1 aliphatic heterocycles. The zero-order chi connectivity index (χ0) is 15.7. The lowest BCUT2D eigenvalue weighted by molar-refractivity contribution is 0.233. The number of rotatable bonds is 6. The van der Waals surface area contributed by atoms with Gasteiger partial charge >= 0.3 is 0 Å². The number of nitrogens with one attached hydrogen (secondary N) is 1. The first-order chi connectivity index (χ1) is 11.4. The molecule has 2 aromatic carbocycles. The lowest BCUT2D eigenvalue weighted by Crippen LogP contribution is -2.42. The number of ether oxygens (including phenoxy) is 1. The van der Waals surface area contributed by atoms with Gasteiger partial charge in [0.1, 0.15) is 12.4 Å². The fourth-order valence-corrected chi connectivity index (χ4v) is 2.71. The highest BCUT2D eigenvalue weighted by Crippen LogP contribution is 2.11. The number of hydrogen-bond acceptors (Lipinski definition) is 3. The monoisotopic (exact) mass is 308 g/mol. The SMILES string of the molecule is C(=C\c1ccc(CN2CCNCC2)cc1)/COc1ccccc1. The van der Waals surface area contributed by atoms with Gasteiger partial charge in [0.25, 0.3) is 0 Å². The molecule has 3 heteroatoms. The second-order valence-corrected chi connectivity index (χ2v) is 5.79. The molecule has 0 spiro atoms. The minimum atomic E-state index is 0.590. The minimum Gasteiger partial charge on any atom is -0.490 e. The minimum absolute atomic E-state index is 0.590. The van der Waals surface area contributed by atoms with Gasteiger partial charge in [-0.15, -0.1) is 0 Å². The van der Waals surface area contributed by atoms with Gasteiger partial charge in [0, 0.05) is 32.7 Å². The molecule has 1 heterocycles. The van der Waals surface area contributed by atoms with Gasteiger partial charge < -0.3 is 10.1 Å². The van der Waals surface area contributed by atoms with E-state index in [0.29, 0.717) is 6.61 Å². The molecular weight excluding hydrogens is 284 g/mol. The average molecular weight is 308 g/mol. The first-order valence-electron chi connectivity index (χ1n) is 8.26. The zero-order valence-corrected chi connectivity index (χ0v) is 13.4. The predicted molar refractivity (Wildman–Crippen MR) is 95.6 cm³/mol. The van der Waals surface area contributed by atoms with Crippen LogP contribution < -0.4 is 10.1 Å². The zero-order valence-electron chi connectivity index (χ0n) is 13.4. The third kappa shape index (κ3) is 5.23. The van der Waals surface area contributed by atoms with Crippen molar-refractivity contribution in [2.75, 3.05) is 32.8 Å². The molecule has 0 aliphatic carbocycles. The topological polar surface area (TPSA) is 24.5 Å². The predicted octanol–water partition coefficient (Wildman–Crippen LogP) is 3.18. The van der Waals surface area contributed by atoms with Crippen LogP contribution in [-0.2, 0) is 6.54 Å². The Morgan fingerprint density at radius 1 is 0.957 bits per heavy atom. The van der Waals surface area contributed by atoms with E-state index >= 15 is 0 Å². The molecule has 0 atom stereocenters. The van der Waals surface area contributed by atoms with Crippen LogP contribution in [0.5, 0.6) is 5.75 Å². The summed E-state index contributed by atoms with van der Waals surface area (Å²) in [5.74, 6) is 0.906. The molecule has 23 heavy (non-hydrogen) atoms. The van der Waals surface area contributed by atoms with E-state index in [2.05, 4.69) is 46.6 Å². The van der Waals surface area contributed by atoms with Crippen LogP contribution in [0.2, 0.25) is 0 Å². The van der Waals surface area contributed by atoms with Gasteiger partial charge in [0.05, 0.1) is 0 Å². The molecule has 1 N–H and O–H groups in total. The van der Waals surface area contributed by atoms with Crippen molar-refractivity contribution >= 4 is 6.08 Å². The summed E-state index contributed by atoms with van der Waals surface area (Å²) < 4.78 is 5.65. The molecule has 3 nitrogen and oxygen atoms in total. The Bertz CT molecular complexity index is 601. The van der Waals surface area contributed by atoms with Crippen molar-refractivity contribution in [2.24, 2.45) is 0 Å². The third-order valence-corrected chi connectivity index (χ3v) is 4.00. The Labute approximate surface area is 138 Å². The smallest absolute Gasteiger partial charge is 0.119 e. The maximum atomic E-state index is 5.65. The molecule has 3 rings (SSSR count). The molecule has 0 bridgehead atoms. The van der Waals surface area contributed by atoms with Gasteiger partial charge in [-0.25, -0.2) is 0 Å². The first-order valence-corrected chi connectivity index (χ1v) is 8.26. The van der Waals surface area contributed by atoms with Gasteiger partial charge in [-0.1, -0.05) is 48.5 Å². The van der Waals surface area contributed by atoms with E-state index in [0.717, 1.165) is 38.5 Å². The number of benzene rings is 2. The van der Waals surface area contributed by atoms with Crippen LogP contribution in [0.15, 0.2) is 60.7 Å². The number of nitrogens with zero attached hydrogens (tertiary/aromatic N) is 1. The van der Waals surface area contributed by atoms with Crippen molar-refractivity contribution in [3.8, 4) is 5.75 Å². The highest BCUT2D eigenvalue weighted by atomic mass is 16.5. The van der Waals surface area contributed by atoms with Crippen LogP contribution in [0.1, 0.15) is 11.1 Å². The van der Waals surface area contributed by atoms with Gasteiger partial charge in [0.2, 0.25) is 0 Å². The standard InChI is InChI=1S/C20H24N2O/c1-2-6-20(7-3-1)23-16-4-5-18-8-10-19(11-9-18)17-22-14-12-21-13-15-22/h1-11,21H,12-17H2/b5-4+. The third-order valence-electron chi connectivity index (χ3n) is 4.00. The maximum absolute atomic E-state index is 5.65. The first kappa shape index (κ1) is 15.8. The summed E-state index contributed by atoms with van der Waals surface area (Å²) in [7, 11) is 0. The van der Waals surface area contributed by atoms with Crippen LogP contribution in [0.4, 0.5) is 0 Å².